The Labute approximate surface area is 205 Å². The Kier molecular flexibility index (Phi) is 7.58. The van der Waals surface area contributed by atoms with E-state index in [-0.39, 0.29) is 24.1 Å². The number of anilines is 1. The lowest BCUT2D eigenvalue weighted by molar-refractivity contribution is -0.137. The summed E-state index contributed by atoms with van der Waals surface area (Å²) >= 11 is 0. The van der Waals surface area contributed by atoms with E-state index in [0.29, 0.717) is 29.2 Å². The molecule has 1 saturated heterocycles. The van der Waals surface area contributed by atoms with E-state index in [1.165, 1.54) is 12.1 Å². The Morgan fingerprint density at radius 1 is 1.19 bits per heavy atom. The molecule has 36 heavy (non-hydrogen) atoms. The normalized spacial score (nSPS) is 15.5. The number of amides is 2. The van der Waals surface area contributed by atoms with Crippen molar-refractivity contribution in [3.63, 3.8) is 0 Å². The molecule has 0 saturated carbocycles. The average Bonchev–Trinajstić information content (AvgIpc) is 3.54. The van der Waals surface area contributed by atoms with E-state index in [9.17, 15) is 22.8 Å². The van der Waals surface area contributed by atoms with Crippen molar-refractivity contribution in [2.24, 2.45) is 7.05 Å². The van der Waals surface area contributed by atoms with Crippen molar-refractivity contribution >= 4 is 17.5 Å². The van der Waals surface area contributed by atoms with E-state index in [2.05, 4.69) is 21.0 Å². The first-order valence-electron chi connectivity index (χ1n) is 11.5. The summed E-state index contributed by atoms with van der Waals surface area (Å²) in [4.78, 5) is 24.8. The summed E-state index contributed by atoms with van der Waals surface area (Å²) in [5.41, 5.74) is 0.701. The Morgan fingerprint density at radius 3 is 2.72 bits per heavy atom. The Balaban J connectivity index is 1.47. The number of halogens is 3. The molecule has 0 unspecified atom stereocenters. The highest BCUT2D eigenvalue weighted by Crippen LogP contribution is 2.33. The summed E-state index contributed by atoms with van der Waals surface area (Å²) in [5.74, 6) is -0.228. The number of aryl methyl sites for hydroxylation is 1. The second-order valence-electron chi connectivity index (χ2n) is 8.37. The summed E-state index contributed by atoms with van der Waals surface area (Å²) < 4.78 is 46.6. The van der Waals surface area contributed by atoms with Gasteiger partial charge in [-0.25, -0.2) is 0 Å². The van der Waals surface area contributed by atoms with E-state index >= 15 is 0 Å². The van der Waals surface area contributed by atoms with Crippen LogP contribution in [0.3, 0.4) is 0 Å². The maximum Gasteiger partial charge on any atom is 0.416 e. The van der Waals surface area contributed by atoms with Gasteiger partial charge < -0.3 is 20.7 Å². The van der Waals surface area contributed by atoms with Crippen LogP contribution < -0.4 is 20.7 Å². The van der Waals surface area contributed by atoms with Crippen LogP contribution in [0, 0.1) is 0 Å². The summed E-state index contributed by atoms with van der Waals surface area (Å²) in [6.45, 7) is 1.37. The fraction of sp³-hybridized carbons (Fsp3) is 0.320. The van der Waals surface area contributed by atoms with Gasteiger partial charge in [0, 0.05) is 30.1 Å². The third kappa shape index (κ3) is 6.03. The third-order valence-corrected chi connectivity index (χ3v) is 5.82. The average molecular weight is 502 g/mol. The van der Waals surface area contributed by atoms with Gasteiger partial charge >= 0.3 is 6.18 Å². The molecule has 0 radical (unpaired) electrons. The Hall–Kier alpha value is -3.86. The number of benzene rings is 2. The second-order valence-corrected chi connectivity index (χ2v) is 8.37. The van der Waals surface area contributed by atoms with E-state index in [0.717, 1.165) is 31.5 Å². The second kappa shape index (κ2) is 10.8. The molecule has 11 heteroatoms. The quantitative estimate of drug-likeness (QED) is 0.410. The number of rotatable bonds is 8. The van der Waals surface area contributed by atoms with Crippen LogP contribution in [0.1, 0.15) is 28.8 Å². The number of carbonyl (C=O) groups is 2. The number of alkyl halides is 3. The van der Waals surface area contributed by atoms with Gasteiger partial charge in [-0.15, -0.1) is 0 Å². The van der Waals surface area contributed by atoms with Crippen molar-refractivity contribution in [1.29, 1.82) is 0 Å². The first kappa shape index (κ1) is 25.2. The molecule has 0 spiro atoms. The smallest absolute Gasteiger partial charge is 0.416 e. The standard InChI is InChI=1S/C25H26F3N5O3/c1-33-21(9-11-31-33)19-15-18(32-23(34)16-4-2-5-17(14-16)25(26,27)28)7-8-22(19)36-13-12-30-24(35)20-6-3-10-29-20/h2,4-5,7-9,11,14-15,20,29H,3,6,10,12-13H2,1H3,(H,30,35)(H,32,34)/t20-/m0/s1. The lowest BCUT2D eigenvalue weighted by atomic mass is 10.1. The van der Waals surface area contributed by atoms with Gasteiger partial charge in [0.1, 0.15) is 12.4 Å². The zero-order valence-corrected chi connectivity index (χ0v) is 19.6. The molecule has 3 N–H and O–H groups in total. The van der Waals surface area contributed by atoms with E-state index in [4.69, 9.17) is 4.74 Å². The van der Waals surface area contributed by atoms with Crippen molar-refractivity contribution in [3.8, 4) is 17.0 Å². The lowest BCUT2D eigenvalue weighted by Gasteiger charge is -2.15. The summed E-state index contributed by atoms with van der Waals surface area (Å²) in [6, 6.07) is 10.8. The zero-order chi connectivity index (χ0) is 25.7. The molecule has 3 aromatic rings. The number of aromatic nitrogens is 2. The maximum absolute atomic E-state index is 13.0. The molecule has 2 heterocycles. The molecule has 1 fully saturated rings. The van der Waals surface area contributed by atoms with Crippen LogP contribution >= 0.6 is 0 Å². The predicted molar refractivity (Wildman–Crippen MR) is 128 cm³/mol. The van der Waals surface area contributed by atoms with Crippen molar-refractivity contribution in [2.75, 3.05) is 25.0 Å². The van der Waals surface area contributed by atoms with Gasteiger partial charge in [-0.3, -0.25) is 14.3 Å². The van der Waals surface area contributed by atoms with Crippen molar-refractivity contribution in [1.82, 2.24) is 20.4 Å². The molecular weight excluding hydrogens is 475 g/mol. The summed E-state index contributed by atoms with van der Waals surface area (Å²) in [5, 5.41) is 12.8. The van der Waals surface area contributed by atoms with Crippen LogP contribution in [-0.2, 0) is 18.0 Å². The molecular formula is C25H26F3N5O3. The van der Waals surface area contributed by atoms with Gasteiger partial charge in [0.05, 0.1) is 23.8 Å². The van der Waals surface area contributed by atoms with Crippen LogP contribution in [0.15, 0.2) is 54.7 Å². The summed E-state index contributed by atoms with van der Waals surface area (Å²) in [7, 11) is 1.75. The molecule has 0 aliphatic carbocycles. The van der Waals surface area contributed by atoms with Gasteiger partial charge in [-0.05, 0) is 61.9 Å². The monoisotopic (exact) mass is 501 g/mol. The Morgan fingerprint density at radius 2 is 2.03 bits per heavy atom. The van der Waals surface area contributed by atoms with Crippen LogP contribution in [0.2, 0.25) is 0 Å². The van der Waals surface area contributed by atoms with Gasteiger partial charge in [0.15, 0.2) is 0 Å². The highest BCUT2D eigenvalue weighted by molar-refractivity contribution is 6.04. The number of hydrogen-bond acceptors (Lipinski definition) is 5. The minimum Gasteiger partial charge on any atom is -0.491 e. The van der Waals surface area contributed by atoms with Gasteiger partial charge in [-0.2, -0.15) is 18.3 Å². The molecule has 4 rings (SSSR count). The molecule has 190 valence electrons. The van der Waals surface area contributed by atoms with E-state index < -0.39 is 17.6 Å². The largest absolute Gasteiger partial charge is 0.491 e. The number of nitrogens with zero attached hydrogens (tertiary/aromatic N) is 2. The summed E-state index contributed by atoms with van der Waals surface area (Å²) in [6.07, 6.45) is -1.15. The number of nitrogens with one attached hydrogen (secondary N) is 3. The van der Waals surface area contributed by atoms with Crippen LogP contribution in [0.25, 0.3) is 11.3 Å². The molecule has 1 aliphatic heterocycles. The van der Waals surface area contributed by atoms with Crippen molar-refractivity contribution in [2.45, 2.75) is 25.1 Å². The molecule has 8 nitrogen and oxygen atoms in total. The first-order valence-corrected chi connectivity index (χ1v) is 11.5. The van der Waals surface area contributed by atoms with E-state index in [1.54, 1.807) is 42.2 Å². The van der Waals surface area contributed by atoms with Gasteiger partial charge in [0.25, 0.3) is 5.91 Å². The van der Waals surface area contributed by atoms with Gasteiger partial charge in [0.2, 0.25) is 5.91 Å². The van der Waals surface area contributed by atoms with Crippen LogP contribution in [0.4, 0.5) is 18.9 Å². The molecule has 1 atom stereocenters. The van der Waals surface area contributed by atoms with Crippen molar-refractivity contribution in [3.05, 3.63) is 65.9 Å². The first-order chi connectivity index (χ1) is 17.2. The van der Waals surface area contributed by atoms with Crippen LogP contribution in [0.5, 0.6) is 5.75 Å². The molecule has 0 bridgehead atoms. The SMILES string of the molecule is Cn1nccc1-c1cc(NC(=O)c2cccc(C(F)(F)F)c2)ccc1OCCNC(=O)[C@@H]1CCCN1. The number of hydrogen-bond donors (Lipinski definition) is 3. The highest BCUT2D eigenvalue weighted by atomic mass is 19.4. The molecule has 2 amide bonds. The number of carbonyl (C=O) groups excluding carboxylic acids is 2. The highest BCUT2D eigenvalue weighted by Gasteiger charge is 2.31. The topological polar surface area (TPSA) is 97.3 Å². The lowest BCUT2D eigenvalue weighted by Crippen LogP contribution is -2.41. The molecule has 2 aromatic carbocycles. The fourth-order valence-electron chi connectivity index (χ4n) is 3.98. The number of ether oxygens (including phenoxy) is 1. The minimum atomic E-state index is -4.55. The minimum absolute atomic E-state index is 0.0596. The maximum atomic E-state index is 13.0. The van der Waals surface area contributed by atoms with Crippen molar-refractivity contribution < 1.29 is 27.5 Å². The van der Waals surface area contributed by atoms with Gasteiger partial charge in [-0.1, -0.05) is 6.07 Å². The third-order valence-electron chi connectivity index (χ3n) is 5.82. The van der Waals surface area contributed by atoms with E-state index in [1.807, 2.05) is 0 Å². The zero-order valence-electron chi connectivity index (χ0n) is 19.6. The fourth-order valence-corrected chi connectivity index (χ4v) is 3.98. The Bertz CT molecular complexity index is 1240. The predicted octanol–water partition coefficient (Wildman–Crippen LogP) is 3.61. The molecule has 1 aliphatic rings. The van der Waals surface area contributed by atoms with Crippen LogP contribution in [-0.4, -0.2) is 47.3 Å². The molecule has 1 aromatic heterocycles.